The molecule has 0 spiro atoms. The van der Waals surface area contributed by atoms with E-state index in [2.05, 4.69) is 0 Å². The number of carbonyl (C=O) groups is 1. The highest BCUT2D eigenvalue weighted by Crippen LogP contribution is 2.27. The summed E-state index contributed by atoms with van der Waals surface area (Å²) in [6.07, 6.45) is 5.57. The highest BCUT2D eigenvalue weighted by atomic mass is 32.2. The Labute approximate surface area is 119 Å². The zero-order valence-electron chi connectivity index (χ0n) is 11.4. The molecular formula is C15H20O4S. The SMILES string of the molecule is O=C(O)Cc1ccc(S(=O)(=O)C2CCCCCC2)cc1. The Morgan fingerprint density at radius 2 is 1.60 bits per heavy atom. The van der Waals surface area contributed by atoms with Gasteiger partial charge in [-0.05, 0) is 30.5 Å². The monoisotopic (exact) mass is 296 g/mol. The fourth-order valence-corrected chi connectivity index (χ4v) is 4.57. The molecule has 0 bridgehead atoms. The van der Waals surface area contributed by atoms with Gasteiger partial charge in [0.2, 0.25) is 0 Å². The molecule has 1 saturated carbocycles. The molecule has 0 amide bonds. The first kappa shape index (κ1) is 15.0. The Balaban J connectivity index is 2.18. The summed E-state index contributed by atoms with van der Waals surface area (Å²) < 4.78 is 25.1. The van der Waals surface area contributed by atoms with Gasteiger partial charge in [-0.3, -0.25) is 4.79 Å². The predicted molar refractivity (Wildman–Crippen MR) is 76.5 cm³/mol. The number of rotatable bonds is 4. The van der Waals surface area contributed by atoms with Crippen molar-refractivity contribution in [2.75, 3.05) is 0 Å². The molecule has 0 saturated heterocycles. The first-order chi connectivity index (χ1) is 9.50. The Kier molecular flexibility index (Phi) is 4.81. The van der Waals surface area contributed by atoms with Gasteiger partial charge in [-0.1, -0.05) is 37.8 Å². The van der Waals surface area contributed by atoms with Crippen LogP contribution in [-0.4, -0.2) is 24.7 Å². The van der Waals surface area contributed by atoms with Gasteiger partial charge in [0.15, 0.2) is 9.84 Å². The number of hydrogen-bond acceptors (Lipinski definition) is 3. The molecule has 0 aliphatic heterocycles. The third-order valence-electron chi connectivity index (χ3n) is 3.85. The molecule has 110 valence electrons. The van der Waals surface area contributed by atoms with Crippen molar-refractivity contribution < 1.29 is 18.3 Å². The summed E-state index contributed by atoms with van der Waals surface area (Å²) in [6, 6.07) is 6.27. The second-order valence-electron chi connectivity index (χ2n) is 5.37. The van der Waals surface area contributed by atoms with E-state index in [1.54, 1.807) is 24.3 Å². The minimum absolute atomic E-state index is 0.0796. The molecule has 0 aromatic heterocycles. The van der Waals surface area contributed by atoms with E-state index in [0.29, 0.717) is 10.5 Å². The van der Waals surface area contributed by atoms with Crippen LogP contribution in [0.15, 0.2) is 29.2 Å². The fraction of sp³-hybridized carbons (Fsp3) is 0.533. The summed E-state index contributed by atoms with van der Waals surface area (Å²) in [5.74, 6) is -0.913. The lowest BCUT2D eigenvalue weighted by molar-refractivity contribution is -0.136. The second kappa shape index (κ2) is 6.39. The van der Waals surface area contributed by atoms with Crippen molar-refractivity contribution in [2.24, 2.45) is 0 Å². The largest absolute Gasteiger partial charge is 0.481 e. The van der Waals surface area contributed by atoms with Gasteiger partial charge in [0.1, 0.15) is 0 Å². The predicted octanol–water partition coefficient (Wildman–Crippen LogP) is 2.81. The van der Waals surface area contributed by atoms with Crippen molar-refractivity contribution in [2.45, 2.75) is 55.1 Å². The van der Waals surface area contributed by atoms with Crippen molar-refractivity contribution in [1.82, 2.24) is 0 Å². The van der Waals surface area contributed by atoms with Crippen LogP contribution in [0.2, 0.25) is 0 Å². The highest BCUT2D eigenvalue weighted by Gasteiger charge is 2.27. The van der Waals surface area contributed by atoms with Gasteiger partial charge in [-0.25, -0.2) is 8.42 Å². The Morgan fingerprint density at radius 1 is 1.05 bits per heavy atom. The quantitative estimate of drug-likeness (QED) is 0.867. The summed E-state index contributed by atoms with van der Waals surface area (Å²) in [4.78, 5) is 10.9. The molecule has 2 rings (SSSR count). The Hall–Kier alpha value is -1.36. The number of carboxylic acids is 1. The molecular weight excluding hydrogens is 276 g/mol. The number of sulfone groups is 1. The van der Waals surface area contributed by atoms with Gasteiger partial charge >= 0.3 is 5.97 Å². The van der Waals surface area contributed by atoms with Crippen LogP contribution < -0.4 is 0 Å². The molecule has 1 N–H and O–H groups in total. The first-order valence-electron chi connectivity index (χ1n) is 7.05. The fourth-order valence-electron chi connectivity index (χ4n) is 2.72. The smallest absolute Gasteiger partial charge is 0.307 e. The van der Waals surface area contributed by atoms with E-state index in [1.165, 1.54) is 0 Å². The molecule has 5 heteroatoms. The van der Waals surface area contributed by atoms with Gasteiger partial charge in [0.25, 0.3) is 0 Å². The molecule has 0 unspecified atom stereocenters. The lowest BCUT2D eigenvalue weighted by atomic mass is 10.2. The van der Waals surface area contributed by atoms with E-state index >= 15 is 0 Å². The number of carboxylic acid groups (broad SMARTS) is 1. The average Bonchev–Trinajstić information content (AvgIpc) is 2.68. The van der Waals surface area contributed by atoms with Gasteiger partial charge in [0, 0.05) is 0 Å². The van der Waals surface area contributed by atoms with Crippen LogP contribution in [0.25, 0.3) is 0 Å². The maximum absolute atomic E-state index is 12.6. The molecule has 1 aromatic rings. The zero-order valence-corrected chi connectivity index (χ0v) is 12.2. The van der Waals surface area contributed by atoms with Crippen LogP contribution >= 0.6 is 0 Å². The zero-order chi connectivity index (χ0) is 14.6. The third-order valence-corrected chi connectivity index (χ3v) is 6.13. The van der Waals surface area contributed by atoms with Crippen molar-refractivity contribution in [3.05, 3.63) is 29.8 Å². The van der Waals surface area contributed by atoms with E-state index in [4.69, 9.17) is 5.11 Å². The Morgan fingerprint density at radius 3 is 2.10 bits per heavy atom. The van der Waals surface area contributed by atoms with Crippen molar-refractivity contribution in [3.8, 4) is 0 Å². The standard InChI is InChI=1S/C15H20O4S/c16-15(17)11-12-7-9-14(10-8-12)20(18,19)13-5-3-1-2-4-6-13/h7-10,13H,1-6,11H2,(H,16,17). The summed E-state index contributed by atoms with van der Waals surface area (Å²) in [5.41, 5.74) is 0.623. The minimum Gasteiger partial charge on any atom is -0.481 e. The van der Waals surface area contributed by atoms with Gasteiger partial charge in [0.05, 0.1) is 16.6 Å². The van der Waals surface area contributed by atoms with Crippen LogP contribution in [-0.2, 0) is 21.1 Å². The normalized spacial score (nSPS) is 17.6. The molecule has 0 radical (unpaired) electrons. The van der Waals surface area contributed by atoms with Crippen molar-refractivity contribution in [1.29, 1.82) is 0 Å². The van der Waals surface area contributed by atoms with Crippen LogP contribution in [0.1, 0.15) is 44.1 Å². The molecule has 1 aliphatic rings. The number of aliphatic carboxylic acids is 1. The molecule has 4 nitrogen and oxygen atoms in total. The summed E-state index contributed by atoms with van der Waals surface area (Å²) in [5, 5.41) is 8.43. The van der Waals surface area contributed by atoms with E-state index in [9.17, 15) is 13.2 Å². The van der Waals surface area contributed by atoms with Gasteiger partial charge < -0.3 is 5.11 Å². The third kappa shape index (κ3) is 3.60. The van der Waals surface area contributed by atoms with Crippen LogP contribution in [0, 0.1) is 0 Å². The van der Waals surface area contributed by atoms with E-state index in [-0.39, 0.29) is 11.7 Å². The van der Waals surface area contributed by atoms with Gasteiger partial charge in [-0.15, -0.1) is 0 Å². The van der Waals surface area contributed by atoms with Crippen molar-refractivity contribution in [3.63, 3.8) is 0 Å². The van der Waals surface area contributed by atoms with Gasteiger partial charge in [-0.2, -0.15) is 0 Å². The van der Waals surface area contributed by atoms with Crippen LogP contribution in [0.3, 0.4) is 0 Å². The van der Waals surface area contributed by atoms with E-state index in [0.717, 1.165) is 38.5 Å². The highest BCUT2D eigenvalue weighted by molar-refractivity contribution is 7.92. The average molecular weight is 296 g/mol. The molecule has 1 aromatic carbocycles. The Bertz CT molecular complexity index is 552. The minimum atomic E-state index is -3.28. The van der Waals surface area contributed by atoms with Crippen LogP contribution in [0.4, 0.5) is 0 Å². The summed E-state index contributed by atoms with van der Waals surface area (Å²) in [6.45, 7) is 0. The molecule has 0 heterocycles. The maximum atomic E-state index is 12.6. The lowest BCUT2D eigenvalue weighted by Gasteiger charge is -2.15. The first-order valence-corrected chi connectivity index (χ1v) is 8.59. The topological polar surface area (TPSA) is 71.4 Å². The lowest BCUT2D eigenvalue weighted by Crippen LogP contribution is -2.20. The molecule has 0 atom stereocenters. The van der Waals surface area contributed by atoms with E-state index in [1.807, 2.05) is 0 Å². The van der Waals surface area contributed by atoms with Crippen molar-refractivity contribution >= 4 is 15.8 Å². The summed E-state index contributed by atoms with van der Waals surface area (Å²) >= 11 is 0. The molecule has 1 aliphatic carbocycles. The summed E-state index contributed by atoms with van der Waals surface area (Å²) in [7, 11) is -3.28. The van der Waals surface area contributed by atoms with Crippen LogP contribution in [0.5, 0.6) is 0 Å². The maximum Gasteiger partial charge on any atom is 0.307 e. The molecule has 20 heavy (non-hydrogen) atoms. The molecule has 1 fully saturated rings. The number of hydrogen-bond donors (Lipinski definition) is 1. The van der Waals surface area contributed by atoms with E-state index < -0.39 is 15.8 Å². The second-order valence-corrected chi connectivity index (χ2v) is 7.60. The number of benzene rings is 1.